The minimum absolute atomic E-state index is 0.0682. The Morgan fingerprint density at radius 2 is 1.92 bits per heavy atom. The summed E-state index contributed by atoms with van der Waals surface area (Å²) >= 11 is 13.8. The summed E-state index contributed by atoms with van der Waals surface area (Å²) in [6.45, 7) is 6.94. The molecule has 1 aliphatic heterocycles. The van der Waals surface area contributed by atoms with Crippen LogP contribution in [-0.2, 0) is 12.8 Å². The van der Waals surface area contributed by atoms with Crippen LogP contribution in [-0.4, -0.2) is 19.0 Å². The molecule has 0 spiro atoms. The molecule has 0 fully saturated rings. The van der Waals surface area contributed by atoms with Crippen molar-refractivity contribution in [3.8, 4) is 11.5 Å². The quantitative estimate of drug-likeness (QED) is 0.234. The number of carbonyl (C=O) groups is 2. The number of methoxy groups -OCH3 is 1. The number of benzene rings is 2. The van der Waals surface area contributed by atoms with Crippen molar-refractivity contribution in [1.82, 2.24) is 5.32 Å². The second kappa shape index (κ2) is 10.4. The first-order valence-corrected chi connectivity index (χ1v) is 14.3. The maximum absolute atomic E-state index is 13.2. The van der Waals surface area contributed by atoms with Gasteiger partial charge in [0.1, 0.15) is 11.2 Å². The molecule has 0 saturated heterocycles. The summed E-state index contributed by atoms with van der Waals surface area (Å²) in [6.07, 6.45) is 3.74. The third-order valence-corrected chi connectivity index (χ3v) is 9.67. The normalized spacial score (nSPS) is 18.6. The summed E-state index contributed by atoms with van der Waals surface area (Å²) in [5.74, 6) is 0.520. The van der Waals surface area contributed by atoms with E-state index in [9.17, 15) is 9.59 Å². The van der Waals surface area contributed by atoms with Gasteiger partial charge in [0.05, 0.1) is 23.3 Å². The molecule has 1 aliphatic carbocycles. The molecule has 2 aliphatic rings. The summed E-state index contributed by atoms with van der Waals surface area (Å²) < 4.78 is 11.1. The predicted molar refractivity (Wildman–Crippen MR) is 152 cm³/mol. The fourth-order valence-electron chi connectivity index (χ4n) is 5.18. The van der Waals surface area contributed by atoms with Crippen molar-refractivity contribution in [2.45, 2.75) is 52.6 Å². The second-order valence-corrected chi connectivity index (χ2v) is 12.4. The Morgan fingerprint density at radius 1 is 1.13 bits per heavy atom. The number of thiophene rings is 1. The highest BCUT2D eigenvalue weighted by Crippen LogP contribution is 2.47. The molecule has 3 aromatic rings. The summed E-state index contributed by atoms with van der Waals surface area (Å²) in [4.78, 5) is 27.3. The summed E-state index contributed by atoms with van der Waals surface area (Å²) in [5.41, 5.74) is 3.23. The maximum atomic E-state index is 13.2. The molecule has 5 rings (SSSR count). The van der Waals surface area contributed by atoms with Gasteiger partial charge in [-0.2, -0.15) is 0 Å². The second-order valence-electron chi connectivity index (χ2n) is 10.5. The monoisotopic (exact) mass is 572 g/mol. The summed E-state index contributed by atoms with van der Waals surface area (Å²) in [6, 6.07) is 9.77. The van der Waals surface area contributed by atoms with Crippen LogP contribution in [0.1, 0.15) is 76.5 Å². The third kappa shape index (κ3) is 4.99. The van der Waals surface area contributed by atoms with Gasteiger partial charge in [-0.25, -0.2) is 4.79 Å². The molecule has 0 unspecified atom stereocenters. The van der Waals surface area contributed by atoms with Gasteiger partial charge in [0, 0.05) is 9.90 Å². The fraction of sp³-hybridized carbons (Fsp3) is 0.379. The van der Waals surface area contributed by atoms with Gasteiger partial charge in [0.15, 0.2) is 11.5 Å². The van der Waals surface area contributed by atoms with Crippen LogP contribution in [0, 0.1) is 11.3 Å². The first-order valence-electron chi connectivity index (χ1n) is 12.7. The van der Waals surface area contributed by atoms with E-state index in [4.69, 9.17) is 32.7 Å². The van der Waals surface area contributed by atoms with Gasteiger partial charge in [0.2, 0.25) is 0 Å². The van der Waals surface area contributed by atoms with Gasteiger partial charge in [0.25, 0.3) is 5.91 Å². The van der Waals surface area contributed by atoms with Crippen LogP contribution in [0.2, 0.25) is 10.0 Å². The molecular weight excluding hydrogens is 543 g/mol. The lowest BCUT2D eigenvalue weighted by Crippen LogP contribution is -2.38. The molecular formula is C29H30Cl2N2O4S. The molecule has 2 N–H and O–H groups in total. The molecule has 0 saturated carbocycles. The van der Waals surface area contributed by atoms with Crippen LogP contribution in [0.4, 0.5) is 5.00 Å². The van der Waals surface area contributed by atoms with Gasteiger partial charge < -0.3 is 20.1 Å². The van der Waals surface area contributed by atoms with Crippen molar-refractivity contribution in [1.29, 1.82) is 0 Å². The molecule has 1 amide bonds. The van der Waals surface area contributed by atoms with Crippen LogP contribution in [0.3, 0.4) is 0 Å². The van der Waals surface area contributed by atoms with Crippen molar-refractivity contribution in [2.75, 3.05) is 12.4 Å². The Morgan fingerprint density at radius 3 is 2.63 bits per heavy atom. The largest absolute Gasteiger partial charge is 0.493 e. The molecule has 0 radical (unpaired) electrons. The van der Waals surface area contributed by atoms with Crippen molar-refractivity contribution >= 4 is 51.4 Å². The van der Waals surface area contributed by atoms with Gasteiger partial charge >= 0.3 is 5.97 Å². The Hall–Kier alpha value is -2.74. The van der Waals surface area contributed by atoms with E-state index < -0.39 is 12.1 Å². The highest BCUT2D eigenvalue weighted by Gasteiger charge is 2.37. The summed E-state index contributed by atoms with van der Waals surface area (Å²) in [5, 5.41) is 8.14. The standard InChI is InChI=1S/C29H30Cl2N2O4S/c1-5-29(2,3)16-7-9-19-23(13-16)38-27-24(19)26(34)32-25(33-27)15-6-11-21(22(12-15)36-4)37-28(35)18-10-8-17(30)14-20(18)31/h6,8,10-12,14,16,25,33H,5,7,9,13H2,1-4H3,(H,32,34)/t16-,25+/m1/s1. The number of anilines is 1. The highest BCUT2D eigenvalue weighted by atomic mass is 35.5. The van der Waals surface area contributed by atoms with E-state index in [0.717, 1.165) is 41.8 Å². The van der Waals surface area contributed by atoms with Crippen molar-refractivity contribution < 1.29 is 19.1 Å². The fourth-order valence-corrected chi connectivity index (χ4v) is 7.02. The van der Waals surface area contributed by atoms with E-state index in [1.165, 1.54) is 29.7 Å². The zero-order valence-electron chi connectivity index (χ0n) is 21.7. The van der Waals surface area contributed by atoms with Crippen LogP contribution >= 0.6 is 34.5 Å². The van der Waals surface area contributed by atoms with Gasteiger partial charge in [-0.3, -0.25) is 4.79 Å². The van der Waals surface area contributed by atoms with Gasteiger partial charge in [-0.15, -0.1) is 11.3 Å². The van der Waals surface area contributed by atoms with E-state index in [0.29, 0.717) is 16.7 Å². The van der Waals surface area contributed by atoms with E-state index in [2.05, 4.69) is 31.4 Å². The number of halogens is 2. The maximum Gasteiger partial charge on any atom is 0.345 e. The minimum atomic E-state index is -0.625. The van der Waals surface area contributed by atoms with Crippen LogP contribution in [0.5, 0.6) is 11.5 Å². The van der Waals surface area contributed by atoms with Crippen molar-refractivity contribution in [3.05, 3.63) is 73.6 Å². The van der Waals surface area contributed by atoms with E-state index in [1.54, 1.807) is 35.6 Å². The number of nitrogens with one attached hydrogen (secondary N) is 2. The lowest BCUT2D eigenvalue weighted by Gasteiger charge is -2.36. The van der Waals surface area contributed by atoms with E-state index >= 15 is 0 Å². The smallest absolute Gasteiger partial charge is 0.345 e. The average molecular weight is 574 g/mol. The number of esters is 1. The lowest BCUT2D eigenvalue weighted by molar-refractivity contribution is 0.0729. The van der Waals surface area contributed by atoms with Crippen molar-refractivity contribution in [3.63, 3.8) is 0 Å². The first-order chi connectivity index (χ1) is 18.1. The number of hydrogen-bond donors (Lipinski definition) is 2. The number of fused-ring (bicyclic) bond motifs is 3. The van der Waals surface area contributed by atoms with Crippen molar-refractivity contribution in [2.24, 2.45) is 11.3 Å². The molecule has 1 aromatic heterocycles. The Bertz CT molecular complexity index is 1420. The molecule has 0 bridgehead atoms. The molecule has 200 valence electrons. The molecule has 2 atom stereocenters. The van der Waals surface area contributed by atoms with Gasteiger partial charge in [-0.05, 0) is 72.1 Å². The number of rotatable bonds is 6. The first kappa shape index (κ1) is 26.9. The Labute approximate surface area is 236 Å². The molecule has 9 heteroatoms. The number of ether oxygens (including phenoxy) is 2. The van der Waals surface area contributed by atoms with E-state index in [-0.39, 0.29) is 27.7 Å². The van der Waals surface area contributed by atoms with Gasteiger partial charge in [-0.1, -0.05) is 56.5 Å². The van der Waals surface area contributed by atoms with Crippen LogP contribution in [0.25, 0.3) is 0 Å². The number of hydrogen-bond acceptors (Lipinski definition) is 6. The van der Waals surface area contributed by atoms with Crippen LogP contribution < -0.4 is 20.1 Å². The SMILES string of the molecule is CCC(C)(C)[C@@H]1CCc2c(sc3c2C(=O)N[C@H](c2ccc(OC(=O)c4ccc(Cl)cc4Cl)c(OC)c2)N3)C1. The average Bonchev–Trinajstić information content (AvgIpc) is 3.27. The number of carbonyl (C=O) groups excluding carboxylic acids is 2. The highest BCUT2D eigenvalue weighted by molar-refractivity contribution is 7.16. The van der Waals surface area contributed by atoms with E-state index in [1.807, 2.05) is 0 Å². The van der Waals surface area contributed by atoms with Crippen LogP contribution in [0.15, 0.2) is 36.4 Å². The molecule has 2 heterocycles. The molecule has 38 heavy (non-hydrogen) atoms. The Kier molecular flexibility index (Phi) is 7.37. The minimum Gasteiger partial charge on any atom is -0.493 e. The predicted octanol–water partition coefficient (Wildman–Crippen LogP) is 7.68. The topological polar surface area (TPSA) is 76.7 Å². The number of amides is 1. The third-order valence-electron chi connectivity index (χ3n) is 7.93. The zero-order valence-corrected chi connectivity index (χ0v) is 24.1. The molecule has 2 aromatic carbocycles. The Balaban J connectivity index is 1.36. The zero-order chi connectivity index (χ0) is 27.2. The lowest BCUT2D eigenvalue weighted by atomic mass is 9.69. The summed E-state index contributed by atoms with van der Waals surface area (Å²) in [7, 11) is 1.50. The molecule has 6 nitrogen and oxygen atoms in total.